The molecule has 0 bridgehead atoms. The first kappa shape index (κ1) is 18.8. The van der Waals surface area contributed by atoms with Gasteiger partial charge in [0, 0.05) is 22.0 Å². The van der Waals surface area contributed by atoms with Crippen LogP contribution >= 0.6 is 24.8 Å². The summed E-state index contributed by atoms with van der Waals surface area (Å²) in [6.07, 6.45) is 0. The summed E-state index contributed by atoms with van der Waals surface area (Å²) >= 11 is 0. The topological polar surface area (TPSA) is 39.6 Å². The second-order valence-electron chi connectivity index (χ2n) is 5.53. The zero-order valence-corrected chi connectivity index (χ0v) is 15.0. The fourth-order valence-corrected chi connectivity index (χ4v) is 2.97. The zero-order valence-electron chi connectivity index (χ0n) is 13.4. The van der Waals surface area contributed by atoms with Gasteiger partial charge in [-0.05, 0) is 11.6 Å². The van der Waals surface area contributed by atoms with Gasteiger partial charge in [-0.3, -0.25) is 5.41 Å². The van der Waals surface area contributed by atoms with Gasteiger partial charge < -0.3 is 4.98 Å². The number of hydrogen-bond donors (Lipinski definition) is 2. The van der Waals surface area contributed by atoms with E-state index in [1.54, 1.807) is 0 Å². The van der Waals surface area contributed by atoms with E-state index in [9.17, 15) is 0 Å². The summed E-state index contributed by atoms with van der Waals surface area (Å²) < 4.78 is 0. The molecule has 2 nitrogen and oxygen atoms in total. The molecule has 2 N–H and O–H groups in total. The molecule has 25 heavy (non-hydrogen) atoms. The number of fused-ring (bicyclic) bond motifs is 1. The third kappa shape index (κ3) is 3.46. The number of rotatable bonds is 3. The quantitative estimate of drug-likeness (QED) is 0.410. The van der Waals surface area contributed by atoms with Crippen molar-refractivity contribution in [3.63, 3.8) is 0 Å². The molecule has 0 saturated carbocycles. The van der Waals surface area contributed by atoms with Crippen LogP contribution in [0.2, 0.25) is 0 Å². The van der Waals surface area contributed by atoms with Crippen LogP contribution in [-0.4, -0.2) is 10.7 Å². The highest BCUT2D eigenvalue weighted by molar-refractivity contribution is 6.21. The van der Waals surface area contributed by atoms with E-state index in [1.165, 1.54) is 0 Å². The molecule has 0 amide bonds. The highest BCUT2D eigenvalue weighted by Crippen LogP contribution is 2.31. The summed E-state index contributed by atoms with van der Waals surface area (Å²) in [5.74, 6) is 0. The van der Waals surface area contributed by atoms with Gasteiger partial charge in [0.05, 0.1) is 11.4 Å². The van der Waals surface area contributed by atoms with Crippen molar-refractivity contribution < 1.29 is 0 Å². The van der Waals surface area contributed by atoms with Gasteiger partial charge in [-0.2, -0.15) is 0 Å². The first-order valence-electron chi connectivity index (χ1n) is 7.65. The third-order valence-electron chi connectivity index (χ3n) is 4.08. The van der Waals surface area contributed by atoms with E-state index in [0.717, 1.165) is 33.3 Å². The Balaban J connectivity index is 0.00000113. The molecule has 0 spiro atoms. The van der Waals surface area contributed by atoms with Crippen LogP contribution in [0, 0.1) is 5.41 Å². The molecule has 0 saturated heterocycles. The number of benzene rings is 3. The fourth-order valence-electron chi connectivity index (χ4n) is 2.97. The summed E-state index contributed by atoms with van der Waals surface area (Å²) in [5.41, 5.74) is 5.58. The minimum absolute atomic E-state index is 0. The van der Waals surface area contributed by atoms with Gasteiger partial charge >= 0.3 is 0 Å². The number of H-pyrrole nitrogens is 1. The Morgan fingerprint density at radius 1 is 0.680 bits per heavy atom. The minimum atomic E-state index is 0. The van der Waals surface area contributed by atoms with E-state index < -0.39 is 0 Å². The smallest absolute Gasteiger partial charge is 0.0712 e. The van der Waals surface area contributed by atoms with Gasteiger partial charge in [-0.1, -0.05) is 78.9 Å². The summed E-state index contributed by atoms with van der Waals surface area (Å²) in [7, 11) is 0. The molecule has 0 radical (unpaired) electrons. The first-order chi connectivity index (χ1) is 11.3. The molecule has 4 rings (SSSR count). The van der Waals surface area contributed by atoms with E-state index in [2.05, 4.69) is 29.2 Å². The van der Waals surface area contributed by atoms with Crippen LogP contribution in [0.25, 0.3) is 22.2 Å². The monoisotopic (exact) mass is 368 g/mol. The Morgan fingerprint density at radius 3 is 1.92 bits per heavy atom. The molecule has 0 aliphatic carbocycles. The van der Waals surface area contributed by atoms with Crippen LogP contribution in [0.4, 0.5) is 0 Å². The van der Waals surface area contributed by atoms with E-state index in [1.807, 2.05) is 60.7 Å². The molecule has 0 unspecified atom stereocenters. The summed E-state index contributed by atoms with van der Waals surface area (Å²) in [5, 5.41) is 9.82. The molecule has 0 atom stereocenters. The van der Waals surface area contributed by atoms with Crippen LogP contribution in [0.5, 0.6) is 0 Å². The van der Waals surface area contributed by atoms with Crippen LogP contribution in [-0.2, 0) is 0 Å². The third-order valence-corrected chi connectivity index (χ3v) is 4.08. The molecule has 1 heterocycles. The molecule has 0 aliphatic rings. The fraction of sp³-hybridized carbons (Fsp3) is 0. The summed E-state index contributed by atoms with van der Waals surface area (Å²) in [6.45, 7) is 0. The van der Waals surface area contributed by atoms with Crippen LogP contribution < -0.4 is 0 Å². The Kier molecular flexibility index (Phi) is 6.02. The molecule has 1 aromatic heterocycles. The standard InChI is InChI=1S/C21H16N2.2ClH/c22-20(15-9-3-1-4-10-15)19-17-13-7-8-14-18(17)23-21(19)16-11-5-2-6-12-16;;/h1-14,22-23H;2*1H. The minimum Gasteiger partial charge on any atom is -0.354 e. The maximum absolute atomic E-state index is 8.74. The van der Waals surface area contributed by atoms with Gasteiger partial charge in [0.25, 0.3) is 0 Å². The van der Waals surface area contributed by atoms with Crippen molar-refractivity contribution in [3.8, 4) is 11.3 Å². The van der Waals surface area contributed by atoms with Gasteiger partial charge in [-0.25, -0.2) is 0 Å². The lowest BCUT2D eigenvalue weighted by Crippen LogP contribution is -2.02. The SMILES string of the molecule is Cl.Cl.N=C(c1ccccc1)c1c(-c2ccccc2)[nH]c2ccccc12. The van der Waals surface area contributed by atoms with Gasteiger partial charge in [0.1, 0.15) is 0 Å². The molecule has 0 fully saturated rings. The van der Waals surface area contributed by atoms with E-state index >= 15 is 0 Å². The average molecular weight is 369 g/mol. The number of nitrogens with one attached hydrogen (secondary N) is 2. The second kappa shape index (κ2) is 8.02. The normalized spacial score (nSPS) is 9.92. The van der Waals surface area contributed by atoms with Crippen LogP contribution in [0.15, 0.2) is 84.9 Å². The highest BCUT2D eigenvalue weighted by atomic mass is 35.5. The van der Waals surface area contributed by atoms with Gasteiger partial charge in [0.15, 0.2) is 0 Å². The lowest BCUT2D eigenvalue weighted by molar-refractivity contribution is 1.42. The summed E-state index contributed by atoms with van der Waals surface area (Å²) in [6, 6.07) is 28.3. The lowest BCUT2D eigenvalue weighted by Gasteiger charge is -2.07. The molecule has 4 aromatic rings. The highest BCUT2D eigenvalue weighted by Gasteiger charge is 2.17. The Morgan fingerprint density at radius 2 is 1.24 bits per heavy atom. The van der Waals surface area contributed by atoms with Crippen molar-refractivity contribution in [2.75, 3.05) is 0 Å². The molecular formula is C21H18Cl2N2. The number of aromatic nitrogens is 1. The van der Waals surface area contributed by atoms with Gasteiger partial charge in [-0.15, -0.1) is 24.8 Å². The number of para-hydroxylation sites is 1. The van der Waals surface area contributed by atoms with Crippen LogP contribution in [0.1, 0.15) is 11.1 Å². The van der Waals surface area contributed by atoms with Crippen molar-refractivity contribution in [1.29, 1.82) is 5.41 Å². The molecule has 126 valence electrons. The van der Waals surface area contributed by atoms with E-state index in [4.69, 9.17) is 5.41 Å². The number of aromatic amines is 1. The Bertz CT molecular complexity index is 977. The van der Waals surface area contributed by atoms with Crippen molar-refractivity contribution in [3.05, 3.63) is 96.1 Å². The largest absolute Gasteiger partial charge is 0.354 e. The first-order valence-corrected chi connectivity index (χ1v) is 7.65. The second-order valence-corrected chi connectivity index (χ2v) is 5.53. The van der Waals surface area contributed by atoms with Crippen LogP contribution in [0.3, 0.4) is 0 Å². The van der Waals surface area contributed by atoms with E-state index in [-0.39, 0.29) is 24.8 Å². The Hall–Kier alpha value is -2.55. The van der Waals surface area contributed by atoms with Crippen molar-refractivity contribution in [2.24, 2.45) is 0 Å². The predicted molar refractivity (Wildman–Crippen MR) is 111 cm³/mol. The van der Waals surface area contributed by atoms with Crippen molar-refractivity contribution in [1.82, 2.24) is 4.98 Å². The molecular weight excluding hydrogens is 351 g/mol. The number of hydrogen-bond acceptors (Lipinski definition) is 1. The Labute approximate surface area is 159 Å². The van der Waals surface area contributed by atoms with Crippen molar-refractivity contribution >= 4 is 41.4 Å². The number of halogens is 2. The maximum Gasteiger partial charge on any atom is 0.0712 e. The zero-order chi connectivity index (χ0) is 15.6. The average Bonchev–Trinajstić information content (AvgIpc) is 3.02. The predicted octanol–water partition coefficient (Wildman–Crippen LogP) is 6.09. The maximum atomic E-state index is 8.74. The summed E-state index contributed by atoms with van der Waals surface area (Å²) in [4.78, 5) is 3.49. The van der Waals surface area contributed by atoms with Gasteiger partial charge in [0.2, 0.25) is 0 Å². The molecule has 3 aromatic carbocycles. The van der Waals surface area contributed by atoms with Crippen molar-refractivity contribution in [2.45, 2.75) is 0 Å². The molecule has 4 heteroatoms. The lowest BCUT2D eigenvalue weighted by atomic mass is 9.96. The van der Waals surface area contributed by atoms with E-state index in [0.29, 0.717) is 5.71 Å². The molecule has 0 aliphatic heterocycles.